The molecule has 4 aliphatic carbocycles. The number of hydrogen-bond acceptors (Lipinski definition) is 5. The van der Waals surface area contributed by atoms with Crippen LogP contribution in [0.15, 0.2) is 27.6 Å². The lowest BCUT2D eigenvalue weighted by atomic mass is 9.43. The highest BCUT2D eigenvalue weighted by Crippen LogP contribution is 2.70. The summed E-state index contributed by atoms with van der Waals surface area (Å²) in [5, 5.41) is 12.4. The molecule has 1 unspecified atom stereocenters. The van der Waals surface area contributed by atoms with Crippen molar-refractivity contribution in [2.24, 2.45) is 34.3 Å². The van der Waals surface area contributed by atoms with E-state index in [1.165, 1.54) is 45.1 Å². The summed E-state index contributed by atoms with van der Waals surface area (Å²) in [6.07, 6.45) is 13.3. The van der Waals surface area contributed by atoms with Crippen LogP contribution in [0.3, 0.4) is 0 Å². The first kappa shape index (κ1) is 22.3. The van der Waals surface area contributed by atoms with Crippen LogP contribution in [-0.2, 0) is 0 Å². The summed E-state index contributed by atoms with van der Waals surface area (Å²) in [6.45, 7) is 7.17. The Morgan fingerprint density at radius 1 is 1.03 bits per heavy atom. The maximum Gasteiger partial charge on any atom is 0.335 e. The zero-order valence-corrected chi connectivity index (χ0v) is 20.5. The van der Waals surface area contributed by atoms with Gasteiger partial charge in [-0.2, -0.15) is 0 Å². The van der Waals surface area contributed by atoms with E-state index in [1.54, 1.807) is 12.3 Å². The first-order valence-corrected chi connectivity index (χ1v) is 13.6. The van der Waals surface area contributed by atoms with Crippen LogP contribution in [0.1, 0.15) is 89.5 Å². The number of rotatable bonds is 2. The third-order valence-corrected chi connectivity index (χ3v) is 11.7. The molecule has 1 aromatic heterocycles. The fraction of sp³-hybridized carbons (Fsp3) is 0.821. The molecule has 6 rings (SSSR count). The molecule has 0 bridgehead atoms. The second-order valence-corrected chi connectivity index (χ2v) is 12.8. The van der Waals surface area contributed by atoms with Gasteiger partial charge in [0, 0.05) is 36.7 Å². The smallest absolute Gasteiger partial charge is 0.335 e. The van der Waals surface area contributed by atoms with Crippen LogP contribution < -0.4 is 11.4 Å². The van der Waals surface area contributed by atoms with E-state index < -0.39 is 5.60 Å². The SMILES string of the molecule is C[C@]12CC[C@H](N3CCC(N)C3)C[C@H]1CC[C@@H]1[C@@H]2CC[C@]2(C)[C@@H](c3ccc(=O)oc3)CC[C@]12O. The number of fused-ring (bicyclic) bond motifs is 5. The molecule has 1 saturated heterocycles. The van der Waals surface area contributed by atoms with Crippen molar-refractivity contribution in [2.45, 2.75) is 102 Å². The van der Waals surface area contributed by atoms with Crippen LogP contribution in [0.25, 0.3) is 0 Å². The summed E-state index contributed by atoms with van der Waals surface area (Å²) in [4.78, 5) is 14.2. The van der Waals surface area contributed by atoms with Crippen LogP contribution in [-0.4, -0.2) is 40.8 Å². The Morgan fingerprint density at radius 2 is 1.88 bits per heavy atom. The summed E-state index contributed by atoms with van der Waals surface area (Å²) < 4.78 is 5.23. The first-order valence-electron chi connectivity index (χ1n) is 13.6. The van der Waals surface area contributed by atoms with E-state index >= 15 is 0 Å². The van der Waals surface area contributed by atoms with Gasteiger partial charge in [-0.05, 0) is 105 Å². The molecule has 1 aromatic rings. The predicted molar refractivity (Wildman–Crippen MR) is 129 cm³/mol. The van der Waals surface area contributed by atoms with Gasteiger partial charge in [0.05, 0.1) is 11.9 Å². The van der Waals surface area contributed by atoms with E-state index in [1.807, 2.05) is 6.07 Å². The lowest BCUT2D eigenvalue weighted by Gasteiger charge is -2.64. The molecule has 182 valence electrons. The van der Waals surface area contributed by atoms with Gasteiger partial charge in [0.25, 0.3) is 0 Å². The summed E-state index contributed by atoms with van der Waals surface area (Å²) >= 11 is 0. The summed E-state index contributed by atoms with van der Waals surface area (Å²) in [5.74, 6) is 2.08. The molecule has 0 aromatic carbocycles. The lowest BCUT2D eigenvalue weighted by Crippen LogP contribution is -2.62. The zero-order valence-electron chi connectivity index (χ0n) is 20.5. The quantitative estimate of drug-likeness (QED) is 0.697. The normalized spacial score (nSPS) is 49.9. The average Bonchev–Trinajstić information content (AvgIpc) is 3.35. The molecule has 5 fully saturated rings. The Bertz CT molecular complexity index is 942. The minimum Gasteiger partial charge on any atom is -0.431 e. The van der Waals surface area contributed by atoms with Gasteiger partial charge in [0.1, 0.15) is 0 Å². The number of aliphatic hydroxyl groups is 1. The monoisotopic (exact) mass is 454 g/mol. The van der Waals surface area contributed by atoms with Crippen molar-refractivity contribution < 1.29 is 9.52 Å². The molecule has 0 amide bonds. The van der Waals surface area contributed by atoms with Crippen molar-refractivity contribution in [3.8, 4) is 0 Å². The highest BCUT2D eigenvalue weighted by molar-refractivity contribution is 5.27. The van der Waals surface area contributed by atoms with Crippen LogP contribution >= 0.6 is 0 Å². The fourth-order valence-corrected chi connectivity index (χ4v) is 9.78. The standard InChI is InChI=1S/C28H42N2O3/c1-26-11-7-21(30-14-10-20(29)16-30)15-19(26)4-5-24-23(26)8-12-27(2)22(9-13-28(24,27)32)18-3-6-25(31)33-17-18/h3,6,17,19-24,32H,4-5,7-16,29H2,1-2H3/t19-,20?,21+,22-,23+,24-,26+,27-,28+/m1/s1. The number of nitrogens with two attached hydrogens (primary N) is 1. The Hall–Kier alpha value is -1.17. The van der Waals surface area contributed by atoms with Gasteiger partial charge < -0.3 is 15.3 Å². The van der Waals surface area contributed by atoms with E-state index in [4.69, 9.17) is 10.2 Å². The molecule has 5 nitrogen and oxygen atoms in total. The largest absolute Gasteiger partial charge is 0.431 e. The molecular formula is C28H42N2O3. The van der Waals surface area contributed by atoms with Crippen molar-refractivity contribution >= 4 is 0 Å². The molecule has 2 heterocycles. The van der Waals surface area contributed by atoms with E-state index in [0.717, 1.165) is 43.7 Å². The van der Waals surface area contributed by atoms with Gasteiger partial charge in [-0.15, -0.1) is 0 Å². The molecule has 0 spiro atoms. The minimum atomic E-state index is -0.608. The van der Waals surface area contributed by atoms with Gasteiger partial charge in [0.2, 0.25) is 0 Å². The average molecular weight is 455 g/mol. The number of nitrogens with zero attached hydrogens (tertiary/aromatic N) is 1. The van der Waals surface area contributed by atoms with E-state index in [2.05, 4.69) is 18.7 Å². The predicted octanol–water partition coefficient (Wildman–Crippen LogP) is 4.28. The highest BCUT2D eigenvalue weighted by Gasteiger charge is 2.67. The zero-order chi connectivity index (χ0) is 23.0. The Balaban J connectivity index is 1.24. The van der Waals surface area contributed by atoms with E-state index in [0.29, 0.717) is 29.3 Å². The Labute approximate surface area is 198 Å². The molecule has 5 aliphatic rings. The molecular weight excluding hydrogens is 412 g/mol. The second kappa shape index (κ2) is 7.66. The van der Waals surface area contributed by atoms with E-state index in [-0.39, 0.29) is 17.0 Å². The third-order valence-electron chi connectivity index (χ3n) is 11.7. The molecule has 9 atom stereocenters. The van der Waals surface area contributed by atoms with Gasteiger partial charge in [0.15, 0.2) is 0 Å². The Morgan fingerprint density at radius 3 is 2.61 bits per heavy atom. The second-order valence-electron chi connectivity index (χ2n) is 12.8. The van der Waals surface area contributed by atoms with Crippen molar-refractivity contribution in [1.29, 1.82) is 0 Å². The van der Waals surface area contributed by atoms with Crippen LogP contribution in [0.4, 0.5) is 0 Å². The number of hydrogen-bond donors (Lipinski definition) is 2. The van der Waals surface area contributed by atoms with E-state index in [9.17, 15) is 9.90 Å². The summed E-state index contributed by atoms with van der Waals surface area (Å²) in [5.41, 5.74) is 6.63. The van der Waals surface area contributed by atoms with Gasteiger partial charge in [-0.3, -0.25) is 4.90 Å². The first-order chi connectivity index (χ1) is 15.7. The molecule has 4 saturated carbocycles. The molecule has 33 heavy (non-hydrogen) atoms. The molecule has 1 aliphatic heterocycles. The van der Waals surface area contributed by atoms with Crippen LogP contribution in [0.5, 0.6) is 0 Å². The third kappa shape index (κ3) is 3.18. The van der Waals surface area contributed by atoms with Gasteiger partial charge in [-0.25, -0.2) is 4.79 Å². The lowest BCUT2D eigenvalue weighted by molar-refractivity contribution is -0.203. The maximum atomic E-state index is 12.4. The number of likely N-dealkylation sites (tertiary alicyclic amines) is 1. The minimum absolute atomic E-state index is 0.139. The van der Waals surface area contributed by atoms with Gasteiger partial charge >= 0.3 is 5.63 Å². The van der Waals surface area contributed by atoms with Gasteiger partial charge in [-0.1, -0.05) is 13.8 Å². The summed E-state index contributed by atoms with van der Waals surface area (Å²) in [7, 11) is 0. The topological polar surface area (TPSA) is 79.7 Å². The molecule has 5 heteroatoms. The van der Waals surface area contributed by atoms with Crippen LogP contribution in [0, 0.1) is 28.6 Å². The van der Waals surface area contributed by atoms with Crippen molar-refractivity contribution in [3.63, 3.8) is 0 Å². The maximum absolute atomic E-state index is 12.4. The Kier molecular flexibility index (Phi) is 5.18. The van der Waals surface area contributed by atoms with Crippen molar-refractivity contribution in [2.75, 3.05) is 13.1 Å². The van der Waals surface area contributed by atoms with Crippen LogP contribution in [0.2, 0.25) is 0 Å². The van der Waals surface area contributed by atoms with Crippen molar-refractivity contribution in [3.05, 3.63) is 34.4 Å². The highest BCUT2D eigenvalue weighted by atomic mass is 16.4. The fourth-order valence-electron chi connectivity index (χ4n) is 9.78. The summed E-state index contributed by atoms with van der Waals surface area (Å²) in [6, 6.07) is 4.56. The molecule has 0 radical (unpaired) electrons. The molecule has 3 N–H and O–H groups in total. The van der Waals surface area contributed by atoms with Crippen molar-refractivity contribution in [1.82, 2.24) is 4.90 Å².